The van der Waals surface area contributed by atoms with Crippen molar-refractivity contribution in [3.05, 3.63) is 72.2 Å². The van der Waals surface area contributed by atoms with E-state index in [-0.39, 0.29) is 5.91 Å². The van der Waals surface area contributed by atoms with E-state index in [1.54, 1.807) is 17.3 Å². The molecule has 2 heterocycles. The molecular weight excluding hydrogens is 274 g/mol. The second-order valence-electron chi connectivity index (χ2n) is 5.18. The first-order chi connectivity index (χ1) is 10.8. The van der Waals surface area contributed by atoms with Crippen LogP contribution in [0.1, 0.15) is 16.1 Å². The van der Waals surface area contributed by atoms with Gasteiger partial charge in [0.1, 0.15) is 0 Å². The van der Waals surface area contributed by atoms with Gasteiger partial charge in [0.15, 0.2) is 0 Å². The molecule has 0 N–H and O–H groups in total. The summed E-state index contributed by atoms with van der Waals surface area (Å²) in [4.78, 5) is 23.0. The maximum Gasteiger partial charge on any atom is 0.255 e. The van der Waals surface area contributed by atoms with Crippen LogP contribution in [0.3, 0.4) is 0 Å². The lowest BCUT2D eigenvalue weighted by Crippen LogP contribution is -2.29. The van der Waals surface area contributed by atoms with E-state index in [1.165, 1.54) is 0 Å². The van der Waals surface area contributed by atoms with E-state index in [1.807, 2.05) is 55.6 Å². The first-order valence-corrected chi connectivity index (χ1v) is 7.25. The van der Waals surface area contributed by atoms with Gasteiger partial charge in [-0.1, -0.05) is 24.3 Å². The smallest absolute Gasteiger partial charge is 0.255 e. The summed E-state index contributed by atoms with van der Waals surface area (Å²) in [6, 6.07) is 15.3. The fourth-order valence-corrected chi connectivity index (χ4v) is 2.41. The Morgan fingerprint density at radius 1 is 1.00 bits per heavy atom. The SMILES string of the molecule is CN(CCc1ccccn1)C(=O)c1cccc2cccnc12. The molecule has 0 unspecified atom stereocenters. The van der Waals surface area contributed by atoms with Gasteiger partial charge in [-0.3, -0.25) is 14.8 Å². The third kappa shape index (κ3) is 2.96. The summed E-state index contributed by atoms with van der Waals surface area (Å²) >= 11 is 0. The number of fused-ring (bicyclic) bond motifs is 1. The zero-order valence-corrected chi connectivity index (χ0v) is 12.4. The van der Waals surface area contributed by atoms with Gasteiger partial charge in [0.05, 0.1) is 11.1 Å². The minimum Gasteiger partial charge on any atom is -0.341 e. The van der Waals surface area contributed by atoms with Crippen molar-refractivity contribution < 1.29 is 4.79 Å². The number of carbonyl (C=O) groups is 1. The van der Waals surface area contributed by atoms with E-state index in [0.717, 1.165) is 23.0 Å². The van der Waals surface area contributed by atoms with Crippen molar-refractivity contribution in [2.24, 2.45) is 0 Å². The van der Waals surface area contributed by atoms with E-state index < -0.39 is 0 Å². The monoisotopic (exact) mass is 291 g/mol. The Balaban J connectivity index is 1.77. The predicted molar refractivity (Wildman–Crippen MR) is 86.6 cm³/mol. The highest BCUT2D eigenvalue weighted by Crippen LogP contribution is 2.17. The van der Waals surface area contributed by atoms with Gasteiger partial charge in [0.25, 0.3) is 5.91 Å². The van der Waals surface area contributed by atoms with Gasteiger partial charge in [-0.05, 0) is 24.3 Å². The number of likely N-dealkylation sites (N-methyl/N-ethyl adjacent to an activating group) is 1. The van der Waals surface area contributed by atoms with Crippen LogP contribution < -0.4 is 0 Å². The molecule has 2 aromatic heterocycles. The van der Waals surface area contributed by atoms with Crippen LogP contribution in [-0.4, -0.2) is 34.4 Å². The molecule has 0 aliphatic carbocycles. The number of rotatable bonds is 4. The molecule has 0 saturated heterocycles. The second kappa shape index (κ2) is 6.35. The number of hydrogen-bond donors (Lipinski definition) is 0. The van der Waals surface area contributed by atoms with Crippen LogP contribution in [0.15, 0.2) is 60.9 Å². The number of aromatic nitrogens is 2. The molecule has 4 nitrogen and oxygen atoms in total. The van der Waals surface area contributed by atoms with Crippen LogP contribution in [0.25, 0.3) is 10.9 Å². The molecule has 0 radical (unpaired) electrons. The average Bonchev–Trinajstić information content (AvgIpc) is 2.59. The minimum atomic E-state index is -0.0137. The van der Waals surface area contributed by atoms with E-state index in [0.29, 0.717) is 12.1 Å². The lowest BCUT2D eigenvalue weighted by atomic mass is 10.1. The standard InChI is InChI=1S/C18H17N3O/c1-21(13-10-15-8-2-3-11-19-15)18(22)16-9-4-6-14-7-5-12-20-17(14)16/h2-9,11-12H,10,13H2,1H3. The Morgan fingerprint density at radius 2 is 1.82 bits per heavy atom. The Morgan fingerprint density at radius 3 is 2.64 bits per heavy atom. The van der Waals surface area contributed by atoms with Crippen molar-refractivity contribution in [2.75, 3.05) is 13.6 Å². The maximum absolute atomic E-state index is 12.6. The van der Waals surface area contributed by atoms with Crippen molar-refractivity contribution in [2.45, 2.75) is 6.42 Å². The number of nitrogens with zero attached hydrogens (tertiary/aromatic N) is 3. The summed E-state index contributed by atoms with van der Waals surface area (Å²) < 4.78 is 0. The number of para-hydroxylation sites is 1. The van der Waals surface area contributed by atoms with Crippen LogP contribution in [-0.2, 0) is 6.42 Å². The molecular formula is C18H17N3O. The number of amides is 1. The Kier molecular flexibility index (Phi) is 4.10. The topological polar surface area (TPSA) is 46.1 Å². The number of hydrogen-bond acceptors (Lipinski definition) is 3. The Hall–Kier alpha value is -2.75. The van der Waals surface area contributed by atoms with Crippen LogP contribution in [0, 0.1) is 0 Å². The van der Waals surface area contributed by atoms with Crippen LogP contribution >= 0.6 is 0 Å². The highest BCUT2D eigenvalue weighted by atomic mass is 16.2. The van der Waals surface area contributed by atoms with E-state index in [2.05, 4.69) is 9.97 Å². The van der Waals surface area contributed by atoms with Crippen molar-refractivity contribution in [3.8, 4) is 0 Å². The maximum atomic E-state index is 12.6. The zero-order chi connectivity index (χ0) is 15.4. The molecule has 0 saturated carbocycles. The van der Waals surface area contributed by atoms with E-state index in [4.69, 9.17) is 0 Å². The molecule has 4 heteroatoms. The number of carbonyl (C=O) groups excluding carboxylic acids is 1. The van der Waals surface area contributed by atoms with Crippen LogP contribution in [0.5, 0.6) is 0 Å². The Labute approximate surface area is 129 Å². The van der Waals surface area contributed by atoms with Gasteiger partial charge >= 0.3 is 0 Å². The summed E-state index contributed by atoms with van der Waals surface area (Å²) in [5.74, 6) is -0.0137. The summed E-state index contributed by atoms with van der Waals surface area (Å²) in [5, 5.41) is 0.978. The van der Waals surface area contributed by atoms with Crippen molar-refractivity contribution in [3.63, 3.8) is 0 Å². The van der Waals surface area contributed by atoms with E-state index >= 15 is 0 Å². The summed E-state index contributed by atoms with van der Waals surface area (Å²) in [6.45, 7) is 0.624. The summed E-state index contributed by atoms with van der Waals surface area (Å²) in [7, 11) is 1.81. The quantitative estimate of drug-likeness (QED) is 0.742. The molecule has 3 aromatic rings. The summed E-state index contributed by atoms with van der Waals surface area (Å²) in [6.07, 6.45) is 4.22. The normalized spacial score (nSPS) is 10.6. The highest BCUT2D eigenvalue weighted by molar-refractivity contribution is 6.05. The molecule has 0 aliphatic heterocycles. The molecule has 1 aromatic carbocycles. The summed E-state index contributed by atoms with van der Waals surface area (Å²) in [5.41, 5.74) is 2.37. The first kappa shape index (κ1) is 14.2. The number of pyridine rings is 2. The van der Waals surface area contributed by atoms with Gasteiger partial charge < -0.3 is 4.90 Å². The lowest BCUT2D eigenvalue weighted by Gasteiger charge is -2.17. The molecule has 0 aliphatic rings. The molecule has 0 atom stereocenters. The van der Waals surface area contributed by atoms with Crippen LogP contribution in [0.4, 0.5) is 0 Å². The minimum absolute atomic E-state index is 0.0137. The fourth-order valence-electron chi connectivity index (χ4n) is 2.41. The third-order valence-electron chi connectivity index (χ3n) is 3.64. The predicted octanol–water partition coefficient (Wildman–Crippen LogP) is 2.94. The second-order valence-corrected chi connectivity index (χ2v) is 5.18. The van der Waals surface area contributed by atoms with Crippen LogP contribution in [0.2, 0.25) is 0 Å². The highest BCUT2D eigenvalue weighted by Gasteiger charge is 2.15. The molecule has 3 rings (SSSR count). The molecule has 22 heavy (non-hydrogen) atoms. The van der Waals surface area contributed by atoms with Crippen molar-refractivity contribution >= 4 is 16.8 Å². The molecule has 0 bridgehead atoms. The van der Waals surface area contributed by atoms with E-state index in [9.17, 15) is 4.79 Å². The Bertz CT molecular complexity index is 781. The largest absolute Gasteiger partial charge is 0.341 e. The fraction of sp³-hybridized carbons (Fsp3) is 0.167. The molecule has 0 fully saturated rings. The van der Waals surface area contributed by atoms with Crippen molar-refractivity contribution in [1.82, 2.24) is 14.9 Å². The third-order valence-corrected chi connectivity index (χ3v) is 3.64. The first-order valence-electron chi connectivity index (χ1n) is 7.25. The average molecular weight is 291 g/mol. The van der Waals surface area contributed by atoms with Gasteiger partial charge in [-0.2, -0.15) is 0 Å². The van der Waals surface area contributed by atoms with Gasteiger partial charge in [-0.15, -0.1) is 0 Å². The van der Waals surface area contributed by atoms with Gasteiger partial charge in [0.2, 0.25) is 0 Å². The zero-order valence-electron chi connectivity index (χ0n) is 12.4. The van der Waals surface area contributed by atoms with Gasteiger partial charge in [-0.25, -0.2) is 0 Å². The molecule has 1 amide bonds. The number of benzene rings is 1. The van der Waals surface area contributed by atoms with Gasteiger partial charge in [0, 0.05) is 43.5 Å². The molecule has 0 spiro atoms. The molecule has 110 valence electrons. The lowest BCUT2D eigenvalue weighted by molar-refractivity contribution is 0.0798. The van der Waals surface area contributed by atoms with Crippen molar-refractivity contribution in [1.29, 1.82) is 0 Å².